The minimum Gasteiger partial charge on any atom is -0.439 e. The van der Waals surface area contributed by atoms with Gasteiger partial charge >= 0.3 is 6.18 Å². The molecule has 1 heterocycles. The summed E-state index contributed by atoms with van der Waals surface area (Å²) >= 11 is 0. The molecule has 0 spiro atoms. The van der Waals surface area contributed by atoms with Crippen molar-refractivity contribution in [3.63, 3.8) is 0 Å². The summed E-state index contributed by atoms with van der Waals surface area (Å²) in [5.74, 6) is 0.606. The SMILES string of the molecule is CC(C)C(N)CCN(C)C(=O)c1ccc(Oc2ccc(C(F)(F)F)cn2)cc1. The number of ether oxygens (including phenoxy) is 1. The third kappa shape index (κ3) is 5.95. The van der Waals surface area contributed by atoms with Crippen molar-refractivity contribution in [2.75, 3.05) is 13.6 Å². The monoisotopic (exact) mass is 395 g/mol. The predicted molar refractivity (Wildman–Crippen MR) is 100 cm³/mol. The first-order valence-electron chi connectivity index (χ1n) is 8.90. The Bertz CT molecular complexity index is 775. The van der Waals surface area contributed by atoms with Crippen LogP contribution in [0.5, 0.6) is 11.6 Å². The summed E-state index contributed by atoms with van der Waals surface area (Å²) in [6.45, 7) is 4.62. The van der Waals surface area contributed by atoms with Crippen LogP contribution in [0.25, 0.3) is 0 Å². The number of alkyl halides is 3. The fourth-order valence-electron chi connectivity index (χ4n) is 2.39. The largest absolute Gasteiger partial charge is 0.439 e. The quantitative estimate of drug-likeness (QED) is 0.757. The lowest BCUT2D eigenvalue weighted by atomic mass is 10.0. The zero-order chi connectivity index (χ0) is 20.9. The van der Waals surface area contributed by atoms with Crippen LogP contribution in [-0.2, 0) is 6.18 Å². The molecule has 0 saturated heterocycles. The van der Waals surface area contributed by atoms with E-state index in [1.165, 1.54) is 0 Å². The van der Waals surface area contributed by atoms with Gasteiger partial charge in [0.25, 0.3) is 5.91 Å². The van der Waals surface area contributed by atoms with E-state index in [0.29, 0.717) is 36.4 Å². The van der Waals surface area contributed by atoms with Crippen molar-refractivity contribution >= 4 is 5.91 Å². The average Bonchev–Trinajstić information content (AvgIpc) is 2.65. The van der Waals surface area contributed by atoms with Crippen LogP contribution in [0.4, 0.5) is 13.2 Å². The molecule has 0 fully saturated rings. The molecule has 1 amide bonds. The van der Waals surface area contributed by atoms with E-state index >= 15 is 0 Å². The number of aromatic nitrogens is 1. The lowest BCUT2D eigenvalue weighted by Gasteiger charge is -2.21. The number of nitrogens with two attached hydrogens (primary N) is 1. The van der Waals surface area contributed by atoms with Crippen LogP contribution in [0.3, 0.4) is 0 Å². The molecule has 0 aliphatic heterocycles. The van der Waals surface area contributed by atoms with E-state index in [1.54, 1.807) is 36.2 Å². The van der Waals surface area contributed by atoms with E-state index in [9.17, 15) is 18.0 Å². The summed E-state index contributed by atoms with van der Waals surface area (Å²) in [4.78, 5) is 17.7. The summed E-state index contributed by atoms with van der Waals surface area (Å²) in [6, 6.07) is 8.41. The van der Waals surface area contributed by atoms with Gasteiger partial charge in [-0.05, 0) is 42.7 Å². The van der Waals surface area contributed by atoms with Crippen LogP contribution >= 0.6 is 0 Å². The van der Waals surface area contributed by atoms with Gasteiger partial charge in [0, 0.05) is 37.5 Å². The predicted octanol–water partition coefficient (Wildman–Crippen LogP) is 4.34. The molecule has 1 atom stereocenters. The molecule has 1 aromatic heterocycles. The first-order valence-corrected chi connectivity index (χ1v) is 8.90. The van der Waals surface area contributed by atoms with Crippen LogP contribution in [0.1, 0.15) is 36.2 Å². The molecule has 2 rings (SSSR count). The Morgan fingerprint density at radius 2 is 1.82 bits per heavy atom. The van der Waals surface area contributed by atoms with Gasteiger partial charge in [-0.1, -0.05) is 13.8 Å². The van der Waals surface area contributed by atoms with Crippen LogP contribution < -0.4 is 10.5 Å². The summed E-state index contributed by atoms with van der Waals surface area (Å²) < 4.78 is 43.1. The number of benzene rings is 1. The second-order valence-corrected chi connectivity index (χ2v) is 6.93. The maximum Gasteiger partial charge on any atom is 0.417 e. The van der Waals surface area contributed by atoms with Gasteiger partial charge in [0.15, 0.2) is 0 Å². The summed E-state index contributed by atoms with van der Waals surface area (Å²) in [6.07, 6.45) is -3.02. The maximum absolute atomic E-state index is 12.5. The van der Waals surface area contributed by atoms with Gasteiger partial charge in [-0.15, -0.1) is 0 Å². The molecule has 8 heteroatoms. The fourth-order valence-corrected chi connectivity index (χ4v) is 2.39. The number of halogens is 3. The molecular weight excluding hydrogens is 371 g/mol. The van der Waals surface area contributed by atoms with Gasteiger partial charge in [0.2, 0.25) is 5.88 Å². The van der Waals surface area contributed by atoms with Crippen LogP contribution in [-0.4, -0.2) is 35.4 Å². The highest BCUT2D eigenvalue weighted by Gasteiger charge is 2.30. The Kier molecular flexibility index (Phi) is 7.01. The van der Waals surface area contributed by atoms with Crippen molar-refractivity contribution in [1.82, 2.24) is 9.88 Å². The van der Waals surface area contributed by atoms with Crippen molar-refractivity contribution in [3.05, 3.63) is 53.7 Å². The lowest BCUT2D eigenvalue weighted by Crippen LogP contribution is -2.34. The van der Waals surface area contributed by atoms with Crippen molar-refractivity contribution in [2.45, 2.75) is 32.5 Å². The van der Waals surface area contributed by atoms with E-state index in [1.807, 2.05) is 13.8 Å². The number of nitrogens with zero attached hydrogens (tertiary/aromatic N) is 2. The smallest absolute Gasteiger partial charge is 0.417 e. The number of hydrogen-bond acceptors (Lipinski definition) is 4. The van der Waals surface area contributed by atoms with Gasteiger partial charge < -0.3 is 15.4 Å². The number of carbonyl (C=O) groups is 1. The van der Waals surface area contributed by atoms with E-state index in [4.69, 9.17) is 10.5 Å². The first kappa shape index (κ1) is 21.7. The van der Waals surface area contributed by atoms with Crippen molar-refractivity contribution in [3.8, 4) is 11.6 Å². The third-order valence-electron chi connectivity index (χ3n) is 4.39. The summed E-state index contributed by atoms with van der Waals surface area (Å²) in [5.41, 5.74) is 5.64. The Labute approximate surface area is 162 Å². The van der Waals surface area contributed by atoms with Gasteiger partial charge in [0.05, 0.1) is 5.56 Å². The van der Waals surface area contributed by atoms with Crippen LogP contribution in [0.2, 0.25) is 0 Å². The van der Waals surface area contributed by atoms with Gasteiger partial charge in [0.1, 0.15) is 5.75 Å². The minimum absolute atomic E-state index is 0.0299. The molecule has 152 valence electrons. The number of pyridine rings is 1. The number of amides is 1. The topological polar surface area (TPSA) is 68.5 Å². The van der Waals surface area contributed by atoms with Crippen molar-refractivity contribution in [2.24, 2.45) is 11.7 Å². The number of hydrogen-bond donors (Lipinski definition) is 1. The number of carbonyl (C=O) groups excluding carboxylic acids is 1. The third-order valence-corrected chi connectivity index (χ3v) is 4.39. The standard InChI is InChI=1S/C20H24F3N3O2/c1-13(2)17(24)10-11-26(3)19(27)14-4-7-16(8-5-14)28-18-9-6-15(12-25-18)20(21,22)23/h4-9,12-13,17H,10-11,24H2,1-3H3. The van der Waals surface area contributed by atoms with Gasteiger partial charge in [-0.3, -0.25) is 4.79 Å². The average molecular weight is 395 g/mol. The fraction of sp³-hybridized carbons (Fsp3) is 0.400. The van der Waals surface area contributed by atoms with Crippen LogP contribution in [0.15, 0.2) is 42.6 Å². The molecule has 0 radical (unpaired) electrons. The highest BCUT2D eigenvalue weighted by molar-refractivity contribution is 5.94. The maximum atomic E-state index is 12.5. The van der Waals surface area contributed by atoms with E-state index in [2.05, 4.69) is 4.98 Å². The molecule has 2 aromatic rings. The summed E-state index contributed by atoms with van der Waals surface area (Å²) in [5, 5.41) is 0. The number of rotatable bonds is 7. The second-order valence-electron chi connectivity index (χ2n) is 6.93. The molecule has 5 nitrogen and oxygen atoms in total. The summed E-state index contributed by atoms with van der Waals surface area (Å²) in [7, 11) is 1.71. The molecular formula is C20H24F3N3O2. The lowest BCUT2D eigenvalue weighted by molar-refractivity contribution is -0.137. The van der Waals surface area contributed by atoms with Gasteiger partial charge in [-0.2, -0.15) is 13.2 Å². The molecule has 28 heavy (non-hydrogen) atoms. The first-order chi connectivity index (χ1) is 13.1. The Hall–Kier alpha value is -2.61. The highest BCUT2D eigenvalue weighted by Crippen LogP contribution is 2.30. The van der Waals surface area contributed by atoms with Gasteiger partial charge in [-0.25, -0.2) is 4.98 Å². The molecule has 0 aliphatic rings. The highest BCUT2D eigenvalue weighted by atomic mass is 19.4. The second kappa shape index (κ2) is 9.05. The normalized spacial score (nSPS) is 12.7. The minimum atomic E-state index is -4.45. The van der Waals surface area contributed by atoms with E-state index < -0.39 is 11.7 Å². The zero-order valence-corrected chi connectivity index (χ0v) is 16.0. The zero-order valence-electron chi connectivity index (χ0n) is 16.0. The van der Waals surface area contributed by atoms with E-state index in [0.717, 1.165) is 12.1 Å². The van der Waals surface area contributed by atoms with Crippen LogP contribution in [0, 0.1) is 5.92 Å². The Morgan fingerprint density at radius 1 is 1.18 bits per heavy atom. The molecule has 2 N–H and O–H groups in total. The Balaban J connectivity index is 1.96. The molecule has 0 saturated carbocycles. The molecule has 1 unspecified atom stereocenters. The van der Waals surface area contributed by atoms with Crippen molar-refractivity contribution < 1.29 is 22.7 Å². The molecule has 1 aromatic carbocycles. The van der Waals surface area contributed by atoms with Crippen molar-refractivity contribution in [1.29, 1.82) is 0 Å². The van der Waals surface area contributed by atoms with E-state index in [-0.39, 0.29) is 17.8 Å². The molecule has 0 bridgehead atoms. The Morgan fingerprint density at radius 3 is 2.32 bits per heavy atom. The molecule has 0 aliphatic carbocycles.